The van der Waals surface area contributed by atoms with Crippen molar-refractivity contribution in [2.75, 3.05) is 26.7 Å². The molecule has 1 aliphatic rings. The number of nitrogens with zero attached hydrogens (tertiary/aromatic N) is 1. The van der Waals surface area contributed by atoms with Gasteiger partial charge in [0.1, 0.15) is 5.75 Å². The van der Waals surface area contributed by atoms with Crippen LogP contribution in [-0.2, 0) is 4.74 Å². The number of β-amino-alcohol motifs (C(OH)–C–C–N with tert-alkyl or cyclic N) is 1. The fourth-order valence-electron chi connectivity index (χ4n) is 3.25. The quantitative estimate of drug-likeness (QED) is 0.926. The maximum absolute atomic E-state index is 10.5. The van der Waals surface area contributed by atoms with Crippen molar-refractivity contribution in [2.45, 2.75) is 45.0 Å². The number of methoxy groups -OCH3 is 1. The van der Waals surface area contributed by atoms with Crippen molar-refractivity contribution in [2.24, 2.45) is 0 Å². The fraction of sp³-hybridized carbons (Fsp3) is 0.647. The summed E-state index contributed by atoms with van der Waals surface area (Å²) in [5, 5.41) is 10.5. The van der Waals surface area contributed by atoms with Gasteiger partial charge in [-0.2, -0.15) is 0 Å². The number of hydrogen-bond acceptors (Lipinski definition) is 4. The predicted octanol–water partition coefficient (Wildman–Crippen LogP) is 2.62. The lowest BCUT2D eigenvalue weighted by Crippen LogP contribution is -2.57. The van der Waals surface area contributed by atoms with E-state index in [-0.39, 0.29) is 11.2 Å². The maximum atomic E-state index is 10.5. The highest BCUT2D eigenvalue weighted by molar-refractivity contribution is 5.28. The second kappa shape index (κ2) is 5.95. The van der Waals surface area contributed by atoms with Crippen molar-refractivity contribution >= 4 is 0 Å². The molecule has 0 aliphatic carbocycles. The molecule has 0 spiro atoms. The van der Waals surface area contributed by atoms with Crippen LogP contribution in [0, 0.1) is 0 Å². The van der Waals surface area contributed by atoms with E-state index in [9.17, 15) is 5.11 Å². The molecule has 0 aromatic heterocycles. The molecule has 0 bridgehead atoms. The minimum atomic E-state index is -0.499. The van der Waals surface area contributed by atoms with Gasteiger partial charge in [-0.25, -0.2) is 0 Å². The molecular weight excluding hydrogens is 266 g/mol. The summed E-state index contributed by atoms with van der Waals surface area (Å²) >= 11 is 0. The third-order valence-corrected chi connectivity index (χ3v) is 3.69. The summed E-state index contributed by atoms with van der Waals surface area (Å²) in [6.45, 7) is 10.7. The van der Waals surface area contributed by atoms with Crippen molar-refractivity contribution < 1.29 is 14.6 Å². The van der Waals surface area contributed by atoms with Crippen LogP contribution in [0.25, 0.3) is 0 Å². The molecule has 1 unspecified atom stereocenters. The highest BCUT2D eigenvalue weighted by atomic mass is 16.5. The van der Waals surface area contributed by atoms with Gasteiger partial charge in [0.2, 0.25) is 0 Å². The van der Waals surface area contributed by atoms with Gasteiger partial charge in [0.05, 0.1) is 24.4 Å². The molecule has 1 aromatic carbocycles. The summed E-state index contributed by atoms with van der Waals surface area (Å²) < 4.78 is 11.2. The topological polar surface area (TPSA) is 41.9 Å². The van der Waals surface area contributed by atoms with Crippen molar-refractivity contribution in [3.63, 3.8) is 0 Å². The Labute approximate surface area is 127 Å². The van der Waals surface area contributed by atoms with Gasteiger partial charge in [-0.1, -0.05) is 12.1 Å². The van der Waals surface area contributed by atoms with Gasteiger partial charge < -0.3 is 14.6 Å². The van der Waals surface area contributed by atoms with Gasteiger partial charge in [0, 0.05) is 19.6 Å². The molecule has 1 heterocycles. The smallest absolute Gasteiger partial charge is 0.118 e. The number of aliphatic hydroxyl groups is 1. The van der Waals surface area contributed by atoms with E-state index in [2.05, 4.69) is 32.6 Å². The van der Waals surface area contributed by atoms with Gasteiger partial charge in [0.15, 0.2) is 0 Å². The van der Waals surface area contributed by atoms with Gasteiger partial charge in [-0.05, 0) is 45.4 Å². The number of aliphatic hydroxyl groups excluding tert-OH is 1. The summed E-state index contributed by atoms with van der Waals surface area (Å²) in [6, 6.07) is 7.60. The number of ether oxygens (including phenoxy) is 2. The van der Waals surface area contributed by atoms with Gasteiger partial charge in [-0.3, -0.25) is 4.90 Å². The molecular formula is C17H27NO3. The monoisotopic (exact) mass is 293 g/mol. The fourth-order valence-corrected chi connectivity index (χ4v) is 3.25. The van der Waals surface area contributed by atoms with E-state index >= 15 is 0 Å². The van der Waals surface area contributed by atoms with Crippen molar-refractivity contribution in [1.29, 1.82) is 0 Å². The van der Waals surface area contributed by atoms with E-state index < -0.39 is 6.10 Å². The summed E-state index contributed by atoms with van der Waals surface area (Å²) in [7, 11) is 1.64. The third kappa shape index (κ3) is 4.43. The number of hydrogen-bond donors (Lipinski definition) is 1. The zero-order valence-corrected chi connectivity index (χ0v) is 13.7. The lowest BCUT2D eigenvalue weighted by molar-refractivity contribution is -0.183. The van der Waals surface area contributed by atoms with E-state index in [0.29, 0.717) is 6.54 Å². The van der Waals surface area contributed by atoms with Crippen LogP contribution >= 0.6 is 0 Å². The largest absolute Gasteiger partial charge is 0.497 e. The molecule has 118 valence electrons. The summed E-state index contributed by atoms with van der Waals surface area (Å²) in [5.41, 5.74) is 0.529. The molecule has 4 nitrogen and oxygen atoms in total. The van der Waals surface area contributed by atoms with Gasteiger partial charge in [-0.15, -0.1) is 0 Å². The minimum absolute atomic E-state index is 0.193. The van der Waals surface area contributed by atoms with Crippen molar-refractivity contribution in [3.05, 3.63) is 29.8 Å². The molecule has 0 amide bonds. The lowest BCUT2D eigenvalue weighted by Gasteiger charge is -2.47. The number of rotatable bonds is 4. The second-order valence-corrected chi connectivity index (χ2v) is 7.08. The van der Waals surface area contributed by atoms with Crippen LogP contribution in [0.4, 0.5) is 0 Å². The third-order valence-electron chi connectivity index (χ3n) is 3.69. The Balaban J connectivity index is 2.02. The average Bonchev–Trinajstić information content (AvgIpc) is 2.35. The van der Waals surface area contributed by atoms with E-state index in [1.165, 1.54) is 0 Å². The van der Waals surface area contributed by atoms with Crippen LogP contribution in [0.1, 0.15) is 39.4 Å². The Morgan fingerprint density at radius 3 is 2.14 bits per heavy atom. The van der Waals surface area contributed by atoms with Crippen LogP contribution in [0.2, 0.25) is 0 Å². The first-order chi connectivity index (χ1) is 9.71. The number of benzene rings is 1. The zero-order chi connectivity index (χ0) is 15.7. The molecule has 4 heteroatoms. The van der Waals surface area contributed by atoms with Crippen LogP contribution < -0.4 is 4.74 Å². The average molecular weight is 293 g/mol. The summed E-state index contributed by atoms with van der Waals surface area (Å²) in [4.78, 5) is 2.28. The van der Waals surface area contributed by atoms with E-state index in [1.807, 2.05) is 24.3 Å². The van der Waals surface area contributed by atoms with E-state index in [0.717, 1.165) is 24.4 Å². The molecule has 1 N–H and O–H groups in total. The SMILES string of the molecule is COc1ccc(C(O)CN2CC(C)(C)OC(C)(C)C2)cc1. The van der Waals surface area contributed by atoms with Crippen LogP contribution in [0.5, 0.6) is 5.75 Å². The Kier molecular flexibility index (Phi) is 4.61. The Morgan fingerprint density at radius 1 is 1.14 bits per heavy atom. The molecule has 1 aromatic rings. The molecule has 1 aliphatic heterocycles. The Morgan fingerprint density at radius 2 is 1.67 bits per heavy atom. The van der Waals surface area contributed by atoms with Gasteiger partial charge in [0.25, 0.3) is 0 Å². The zero-order valence-electron chi connectivity index (χ0n) is 13.7. The Bertz CT molecular complexity index is 451. The molecule has 1 fully saturated rings. The summed E-state index contributed by atoms with van der Waals surface area (Å²) in [6.07, 6.45) is -0.499. The summed E-state index contributed by atoms with van der Waals surface area (Å²) in [5.74, 6) is 0.805. The first kappa shape index (κ1) is 16.3. The molecule has 21 heavy (non-hydrogen) atoms. The van der Waals surface area contributed by atoms with Gasteiger partial charge >= 0.3 is 0 Å². The predicted molar refractivity (Wildman–Crippen MR) is 83.6 cm³/mol. The molecule has 1 saturated heterocycles. The molecule has 1 atom stereocenters. The van der Waals surface area contributed by atoms with Crippen LogP contribution in [0.3, 0.4) is 0 Å². The minimum Gasteiger partial charge on any atom is -0.497 e. The van der Waals surface area contributed by atoms with Crippen LogP contribution in [-0.4, -0.2) is 48.0 Å². The highest BCUT2D eigenvalue weighted by Crippen LogP contribution is 2.29. The van der Waals surface area contributed by atoms with Crippen molar-refractivity contribution in [3.8, 4) is 5.75 Å². The highest BCUT2D eigenvalue weighted by Gasteiger charge is 2.38. The standard InChI is InChI=1S/C17H27NO3/c1-16(2)11-18(12-17(3,4)21-16)10-15(19)13-6-8-14(20-5)9-7-13/h6-9,15,19H,10-12H2,1-5H3. The first-order valence-corrected chi connectivity index (χ1v) is 7.45. The second-order valence-electron chi connectivity index (χ2n) is 7.08. The maximum Gasteiger partial charge on any atom is 0.118 e. The lowest BCUT2D eigenvalue weighted by atomic mass is 9.98. The number of morpholine rings is 1. The Hall–Kier alpha value is -1.10. The first-order valence-electron chi connectivity index (χ1n) is 7.45. The van der Waals surface area contributed by atoms with E-state index in [4.69, 9.17) is 9.47 Å². The van der Waals surface area contributed by atoms with Crippen LogP contribution in [0.15, 0.2) is 24.3 Å². The molecule has 0 radical (unpaired) electrons. The normalized spacial score (nSPS) is 22.8. The molecule has 0 saturated carbocycles. The molecule has 2 rings (SSSR count). The van der Waals surface area contributed by atoms with Crippen molar-refractivity contribution in [1.82, 2.24) is 4.90 Å². The van der Waals surface area contributed by atoms with E-state index in [1.54, 1.807) is 7.11 Å².